The molecule has 0 spiro atoms. The lowest BCUT2D eigenvalue weighted by molar-refractivity contribution is -0.857. The summed E-state index contributed by atoms with van der Waals surface area (Å²) in [5, 5.41) is 0. The van der Waals surface area contributed by atoms with Crippen LogP contribution in [0, 0.1) is 0 Å². The van der Waals surface area contributed by atoms with Gasteiger partial charge in [0.1, 0.15) is 0 Å². The Balaban J connectivity index is 2.82. The molecule has 1 rings (SSSR count). The van der Waals surface area contributed by atoms with Gasteiger partial charge < -0.3 is 4.55 Å². The molecule has 0 bridgehead atoms. The lowest BCUT2D eigenvalue weighted by atomic mass is 10.5. The Kier molecular flexibility index (Phi) is 2.06. The third-order valence-corrected chi connectivity index (χ3v) is 1.22. The molecule has 1 heterocycles. The van der Waals surface area contributed by atoms with Gasteiger partial charge in [-0.3, -0.25) is 0 Å². The van der Waals surface area contributed by atoms with Gasteiger partial charge in [0.2, 0.25) is 12.4 Å². The molecule has 0 aliphatic heterocycles. The summed E-state index contributed by atoms with van der Waals surface area (Å²) in [7, 11) is -4.66. The summed E-state index contributed by atoms with van der Waals surface area (Å²) in [6, 6.07) is 4.73. The van der Waals surface area contributed by atoms with Crippen LogP contribution in [0.15, 0.2) is 30.6 Å². The average molecular weight is 175 g/mol. The van der Waals surface area contributed by atoms with Crippen molar-refractivity contribution >= 4 is 10.4 Å². The topological polar surface area (TPSA) is 70.3 Å². The van der Waals surface area contributed by atoms with Crippen molar-refractivity contribution in [2.75, 3.05) is 0 Å². The van der Waals surface area contributed by atoms with E-state index >= 15 is 0 Å². The fourth-order valence-electron chi connectivity index (χ4n) is 0.538. The first-order valence-electron chi connectivity index (χ1n) is 2.70. The number of hydrogen-bond donors (Lipinski definition) is 0. The van der Waals surface area contributed by atoms with Crippen molar-refractivity contribution < 1.29 is 22.0 Å². The van der Waals surface area contributed by atoms with E-state index in [1.807, 2.05) is 0 Å². The van der Waals surface area contributed by atoms with Gasteiger partial charge in [0, 0.05) is 16.9 Å². The van der Waals surface area contributed by atoms with Gasteiger partial charge in [0.05, 0.1) is 0 Å². The first-order valence-corrected chi connectivity index (χ1v) is 4.03. The zero-order valence-electron chi connectivity index (χ0n) is 5.38. The van der Waals surface area contributed by atoms with Crippen LogP contribution in [0.5, 0.6) is 0 Å². The van der Waals surface area contributed by atoms with E-state index in [0.29, 0.717) is 0 Å². The van der Waals surface area contributed by atoms with E-state index in [2.05, 4.69) is 4.28 Å². The van der Waals surface area contributed by atoms with Crippen molar-refractivity contribution in [2.24, 2.45) is 0 Å². The van der Waals surface area contributed by atoms with Crippen LogP contribution in [0.25, 0.3) is 0 Å². The second-order valence-corrected chi connectivity index (χ2v) is 2.68. The second-order valence-electron chi connectivity index (χ2n) is 1.72. The molecule has 1 aromatic heterocycles. The second kappa shape index (κ2) is 2.85. The maximum Gasteiger partial charge on any atom is 0.325 e. The molecule has 0 N–H and O–H groups in total. The van der Waals surface area contributed by atoms with Gasteiger partial charge in [-0.2, -0.15) is 12.7 Å². The predicted molar refractivity (Wildman–Crippen MR) is 32.9 cm³/mol. The normalized spacial score (nSPS) is 11.0. The van der Waals surface area contributed by atoms with Crippen LogP contribution in [-0.2, 0) is 10.4 Å². The van der Waals surface area contributed by atoms with E-state index in [1.54, 1.807) is 6.07 Å². The molecule has 0 aliphatic rings. The first-order chi connectivity index (χ1) is 5.08. The minimum absolute atomic E-state index is 0.808. The first kappa shape index (κ1) is 7.96. The van der Waals surface area contributed by atoms with Crippen molar-refractivity contribution in [3.63, 3.8) is 0 Å². The van der Waals surface area contributed by atoms with Crippen molar-refractivity contribution in [3.8, 4) is 0 Å². The molecular formula is C5H5NO4S. The highest BCUT2D eigenvalue weighted by molar-refractivity contribution is 7.80. The molecule has 0 saturated heterocycles. The standard InChI is InChI=1S/C5H5NO4S/c7-11(8,9)10-6-4-2-1-3-5-6/h1-5H. The highest BCUT2D eigenvalue weighted by Gasteiger charge is 2.02. The number of rotatable bonds is 2. The Morgan fingerprint density at radius 1 is 1.18 bits per heavy atom. The number of pyridine rings is 1. The third-order valence-electron chi connectivity index (χ3n) is 0.866. The van der Waals surface area contributed by atoms with Crippen LogP contribution in [0.4, 0.5) is 0 Å². The largest absolute Gasteiger partial charge is 0.711 e. The SMILES string of the molecule is O=S(=O)([O-])O[n+]1ccccc1. The summed E-state index contributed by atoms with van der Waals surface area (Å²) >= 11 is 0. The quantitative estimate of drug-likeness (QED) is 0.324. The minimum atomic E-state index is -4.66. The molecule has 5 nitrogen and oxygen atoms in total. The average Bonchev–Trinajstić information content (AvgIpc) is 1.85. The van der Waals surface area contributed by atoms with Gasteiger partial charge in [-0.15, -0.1) is 0 Å². The highest BCUT2D eigenvalue weighted by Crippen LogP contribution is 1.77. The molecule has 1 aromatic rings. The van der Waals surface area contributed by atoms with E-state index in [0.717, 1.165) is 4.73 Å². The summed E-state index contributed by atoms with van der Waals surface area (Å²) in [6.07, 6.45) is 2.60. The summed E-state index contributed by atoms with van der Waals surface area (Å²) in [6.45, 7) is 0. The number of aromatic nitrogens is 1. The molecule has 60 valence electrons. The van der Waals surface area contributed by atoms with Gasteiger partial charge in [-0.25, -0.2) is 0 Å². The van der Waals surface area contributed by atoms with Crippen molar-refractivity contribution in [1.82, 2.24) is 0 Å². The van der Waals surface area contributed by atoms with Gasteiger partial charge in [0.25, 0.3) is 0 Å². The number of nitrogens with zero attached hydrogens (tertiary/aromatic N) is 1. The molecule has 6 heteroatoms. The number of hydrogen-bond acceptors (Lipinski definition) is 4. The Morgan fingerprint density at radius 2 is 1.73 bits per heavy atom. The Labute approximate surface area is 63.8 Å². The minimum Gasteiger partial charge on any atom is -0.711 e. The molecule has 0 fully saturated rings. The molecule has 0 aromatic carbocycles. The summed E-state index contributed by atoms with van der Waals surface area (Å²) < 4.78 is 34.7. The van der Waals surface area contributed by atoms with Crippen molar-refractivity contribution in [2.45, 2.75) is 0 Å². The van der Waals surface area contributed by atoms with Crippen LogP contribution < -0.4 is 9.01 Å². The fourth-order valence-corrected chi connectivity index (χ4v) is 0.848. The lowest BCUT2D eigenvalue weighted by Crippen LogP contribution is -2.44. The van der Waals surface area contributed by atoms with Crippen molar-refractivity contribution in [1.29, 1.82) is 0 Å². The summed E-state index contributed by atoms with van der Waals surface area (Å²) in [5.41, 5.74) is 0. The van der Waals surface area contributed by atoms with E-state index in [4.69, 9.17) is 0 Å². The van der Waals surface area contributed by atoms with Crippen molar-refractivity contribution in [3.05, 3.63) is 30.6 Å². The Hall–Kier alpha value is -1.14. The van der Waals surface area contributed by atoms with Gasteiger partial charge >= 0.3 is 10.4 Å². The van der Waals surface area contributed by atoms with E-state index in [1.165, 1.54) is 24.5 Å². The fraction of sp³-hybridized carbons (Fsp3) is 0. The van der Waals surface area contributed by atoms with E-state index in [-0.39, 0.29) is 0 Å². The zero-order chi connectivity index (χ0) is 8.32. The molecular weight excluding hydrogens is 170 g/mol. The Bertz CT molecular complexity index is 320. The molecule has 0 unspecified atom stereocenters. The zero-order valence-corrected chi connectivity index (χ0v) is 6.19. The van der Waals surface area contributed by atoms with E-state index in [9.17, 15) is 13.0 Å². The van der Waals surface area contributed by atoms with Crippen LogP contribution in [-0.4, -0.2) is 13.0 Å². The predicted octanol–water partition coefficient (Wildman–Crippen LogP) is -1.14. The molecule has 0 radical (unpaired) electrons. The molecule has 0 atom stereocenters. The van der Waals surface area contributed by atoms with Gasteiger partial charge in [-0.1, -0.05) is 6.07 Å². The van der Waals surface area contributed by atoms with Gasteiger partial charge in [-0.05, 0) is 0 Å². The third kappa shape index (κ3) is 2.96. The molecule has 0 aliphatic carbocycles. The lowest BCUT2D eigenvalue weighted by Gasteiger charge is -1.99. The van der Waals surface area contributed by atoms with Crippen LogP contribution in [0.1, 0.15) is 0 Å². The van der Waals surface area contributed by atoms with Gasteiger partial charge in [0.15, 0.2) is 0 Å². The summed E-state index contributed by atoms with van der Waals surface area (Å²) in [5.74, 6) is 0. The van der Waals surface area contributed by atoms with Crippen LogP contribution in [0.3, 0.4) is 0 Å². The smallest absolute Gasteiger partial charge is 0.325 e. The van der Waals surface area contributed by atoms with E-state index < -0.39 is 10.4 Å². The monoisotopic (exact) mass is 175 g/mol. The Morgan fingerprint density at radius 3 is 2.18 bits per heavy atom. The highest BCUT2D eigenvalue weighted by atomic mass is 32.3. The molecule has 11 heavy (non-hydrogen) atoms. The summed E-state index contributed by atoms with van der Waals surface area (Å²) in [4.78, 5) is 0. The molecule has 0 amide bonds. The van der Waals surface area contributed by atoms with Crippen LogP contribution >= 0.6 is 0 Å². The maximum atomic E-state index is 10.0. The maximum absolute atomic E-state index is 10.0. The van der Waals surface area contributed by atoms with Crippen LogP contribution in [0.2, 0.25) is 0 Å². The molecule has 0 saturated carbocycles.